The van der Waals surface area contributed by atoms with Crippen molar-refractivity contribution in [2.24, 2.45) is 0 Å². The lowest BCUT2D eigenvalue weighted by molar-refractivity contribution is -0.137. The highest BCUT2D eigenvalue weighted by Gasteiger charge is 2.30. The highest BCUT2D eigenvalue weighted by atomic mass is 19.4. The van der Waals surface area contributed by atoms with Crippen molar-refractivity contribution in [3.63, 3.8) is 0 Å². The van der Waals surface area contributed by atoms with Crippen molar-refractivity contribution in [1.82, 2.24) is 9.97 Å². The molecule has 3 nitrogen and oxygen atoms in total. The highest BCUT2D eigenvalue weighted by molar-refractivity contribution is 5.60. The first kappa shape index (κ1) is 17.2. The third kappa shape index (κ3) is 3.44. The lowest BCUT2D eigenvalue weighted by Crippen LogP contribution is -2.05. The molecule has 0 saturated carbocycles. The minimum Gasteiger partial charge on any atom is -0.380 e. The summed E-state index contributed by atoms with van der Waals surface area (Å²) in [6, 6.07) is 10.6. The van der Waals surface area contributed by atoms with Crippen LogP contribution in [0.15, 0.2) is 48.7 Å². The maximum absolute atomic E-state index is 12.9. The van der Waals surface area contributed by atoms with Crippen LogP contribution >= 0.6 is 0 Å². The number of nitrogens with one attached hydrogen (secondary N) is 1. The lowest BCUT2D eigenvalue weighted by atomic mass is 9.99. The van der Waals surface area contributed by atoms with Gasteiger partial charge in [-0.05, 0) is 42.7 Å². The molecule has 0 spiro atoms. The van der Waals surface area contributed by atoms with Crippen LogP contribution in [0, 0.1) is 13.8 Å². The van der Waals surface area contributed by atoms with Gasteiger partial charge in [-0.15, -0.1) is 0 Å². The van der Waals surface area contributed by atoms with Crippen LogP contribution in [0.1, 0.15) is 34.2 Å². The van der Waals surface area contributed by atoms with Gasteiger partial charge >= 0.3 is 6.18 Å². The van der Waals surface area contributed by atoms with Crippen molar-refractivity contribution >= 4 is 0 Å². The Morgan fingerprint density at radius 3 is 2.52 bits per heavy atom. The first-order valence-corrected chi connectivity index (χ1v) is 7.74. The zero-order valence-corrected chi connectivity index (χ0v) is 13.7. The number of hydrogen-bond acceptors (Lipinski definition) is 2. The Morgan fingerprint density at radius 2 is 1.80 bits per heavy atom. The van der Waals surface area contributed by atoms with E-state index in [9.17, 15) is 18.3 Å². The summed E-state index contributed by atoms with van der Waals surface area (Å²) in [6.45, 7) is 3.85. The molecule has 0 aliphatic rings. The predicted molar refractivity (Wildman–Crippen MR) is 89.0 cm³/mol. The summed E-state index contributed by atoms with van der Waals surface area (Å²) in [4.78, 5) is 7.07. The second kappa shape index (κ2) is 6.37. The number of rotatable bonds is 3. The van der Waals surface area contributed by atoms with Crippen LogP contribution in [-0.2, 0) is 6.18 Å². The van der Waals surface area contributed by atoms with E-state index in [1.807, 2.05) is 26.0 Å². The number of aromatic amines is 1. The zero-order chi connectivity index (χ0) is 18.2. The Bertz CT molecular complexity index is 900. The van der Waals surface area contributed by atoms with Gasteiger partial charge in [0.05, 0.1) is 17.5 Å². The van der Waals surface area contributed by atoms with E-state index < -0.39 is 17.8 Å². The lowest BCUT2D eigenvalue weighted by Gasteiger charge is -2.13. The largest absolute Gasteiger partial charge is 0.416 e. The molecular formula is C19H17F3N2O. The molecule has 1 unspecified atom stereocenters. The molecule has 0 bridgehead atoms. The van der Waals surface area contributed by atoms with Crippen LogP contribution < -0.4 is 0 Å². The van der Waals surface area contributed by atoms with Crippen molar-refractivity contribution in [3.05, 3.63) is 76.7 Å². The van der Waals surface area contributed by atoms with Crippen LogP contribution in [0.25, 0.3) is 11.3 Å². The second-order valence-corrected chi connectivity index (χ2v) is 5.95. The predicted octanol–water partition coefficient (Wildman–Crippen LogP) is 4.79. The fraction of sp³-hybridized carbons (Fsp3) is 0.211. The molecule has 0 saturated heterocycles. The number of aliphatic hydroxyl groups excluding tert-OH is 1. The van der Waals surface area contributed by atoms with Crippen LogP contribution in [-0.4, -0.2) is 15.1 Å². The highest BCUT2D eigenvalue weighted by Crippen LogP contribution is 2.32. The van der Waals surface area contributed by atoms with E-state index in [2.05, 4.69) is 9.97 Å². The van der Waals surface area contributed by atoms with Gasteiger partial charge in [0, 0.05) is 5.56 Å². The van der Waals surface area contributed by atoms with Gasteiger partial charge in [-0.2, -0.15) is 13.2 Å². The summed E-state index contributed by atoms with van der Waals surface area (Å²) >= 11 is 0. The third-order valence-electron chi connectivity index (χ3n) is 4.30. The van der Waals surface area contributed by atoms with Crippen molar-refractivity contribution in [2.75, 3.05) is 0 Å². The number of aliphatic hydroxyl groups is 1. The Balaban J connectivity index is 1.94. The molecule has 0 radical (unpaired) electrons. The number of hydrogen-bond donors (Lipinski definition) is 2. The number of H-pyrrole nitrogens is 1. The van der Waals surface area contributed by atoms with Crippen LogP contribution in [0.2, 0.25) is 0 Å². The summed E-state index contributed by atoms with van der Waals surface area (Å²) in [5.74, 6) is 0.293. The van der Waals surface area contributed by atoms with E-state index in [1.54, 1.807) is 12.1 Å². The summed E-state index contributed by atoms with van der Waals surface area (Å²) in [6.07, 6.45) is -3.95. The van der Waals surface area contributed by atoms with E-state index >= 15 is 0 Å². The molecule has 3 aromatic rings. The minimum absolute atomic E-state index is 0.293. The average Bonchev–Trinajstić information content (AvgIpc) is 3.06. The summed E-state index contributed by atoms with van der Waals surface area (Å²) < 4.78 is 38.6. The molecule has 2 aromatic carbocycles. The first-order chi connectivity index (χ1) is 11.8. The summed E-state index contributed by atoms with van der Waals surface area (Å²) in [7, 11) is 0. The molecule has 1 atom stereocenters. The molecule has 1 heterocycles. The fourth-order valence-corrected chi connectivity index (χ4v) is 2.70. The number of nitrogens with zero attached hydrogens (tertiary/aromatic N) is 1. The van der Waals surface area contributed by atoms with Crippen molar-refractivity contribution in [3.8, 4) is 11.3 Å². The number of aromatic nitrogens is 2. The SMILES string of the molecule is Cc1cccc(C(O)c2ncc(-c3cccc(C(F)(F)F)c3)[nH]2)c1C. The summed E-state index contributed by atoms with van der Waals surface area (Å²) in [5, 5.41) is 10.6. The molecule has 6 heteroatoms. The number of alkyl halides is 3. The first-order valence-electron chi connectivity index (χ1n) is 7.74. The summed E-state index contributed by atoms with van der Waals surface area (Å²) in [5.41, 5.74) is 2.77. The second-order valence-electron chi connectivity index (χ2n) is 5.95. The Labute approximate surface area is 143 Å². The van der Waals surface area contributed by atoms with Crippen molar-refractivity contribution < 1.29 is 18.3 Å². The monoisotopic (exact) mass is 346 g/mol. The minimum atomic E-state index is -4.41. The molecule has 130 valence electrons. The smallest absolute Gasteiger partial charge is 0.380 e. The van der Waals surface area contributed by atoms with Gasteiger partial charge in [0.15, 0.2) is 0 Å². The third-order valence-corrected chi connectivity index (χ3v) is 4.30. The van der Waals surface area contributed by atoms with E-state index in [4.69, 9.17) is 0 Å². The van der Waals surface area contributed by atoms with Crippen LogP contribution in [0.5, 0.6) is 0 Å². The number of benzene rings is 2. The van der Waals surface area contributed by atoms with Gasteiger partial charge in [-0.1, -0.05) is 30.3 Å². The molecule has 0 aliphatic heterocycles. The van der Waals surface area contributed by atoms with Gasteiger partial charge in [0.2, 0.25) is 0 Å². The molecule has 1 aromatic heterocycles. The normalized spacial score (nSPS) is 13.0. The van der Waals surface area contributed by atoms with Crippen LogP contribution in [0.4, 0.5) is 13.2 Å². The van der Waals surface area contributed by atoms with E-state index in [0.29, 0.717) is 22.6 Å². The molecular weight excluding hydrogens is 329 g/mol. The quantitative estimate of drug-likeness (QED) is 0.716. The van der Waals surface area contributed by atoms with Gasteiger partial charge in [0.25, 0.3) is 0 Å². The Morgan fingerprint density at radius 1 is 1.08 bits per heavy atom. The van der Waals surface area contributed by atoms with Gasteiger partial charge in [-0.25, -0.2) is 4.98 Å². The maximum atomic E-state index is 12.9. The standard InChI is InChI=1S/C19H17F3N2O/c1-11-5-3-8-15(12(11)2)17(25)18-23-10-16(24-18)13-6-4-7-14(9-13)19(20,21)22/h3-10,17,25H,1-2H3,(H,23,24). The average molecular weight is 346 g/mol. The Kier molecular flexibility index (Phi) is 4.39. The molecule has 3 rings (SSSR count). The fourth-order valence-electron chi connectivity index (χ4n) is 2.70. The Hall–Kier alpha value is -2.60. The van der Waals surface area contributed by atoms with Crippen molar-refractivity contribution in [1.29, 1.82) is 0 Å². The van der Waals surface area contributed by atoms with Gasteiger partial charge in [-0.3, -0.25) is 0 Å². The van der Waals surface area contributed by atoms with Crippen molar-refractivity contribution in [2.45, 2.75) is 26.1 Å². The van der Waals surface area contributed by atoms with E-state index in [1.165, 1.54) is 12.3 Å². The van der Waals surface area contributed by atoms with Gasteiger partial charge < -0.3 is 10.1 Å². The number of imidazole rings is 1. The molecule has 0 aliphatic carbocycles. The topological polar surface area (TPSA) is 48.9 Å². The molecule has 25 heavy (non-hydrogen) atoms. The molecule has 0 fully saturated rings. The number of aryl methyl sites for hydroxylation is 1. The van der Waals surface area contributed by atoms with Crippen LogP contribution in [0.3, 0.4) is 0 Å². The van der Waals surface area contributed by atoms with E-state index in [-0.39, 0.29) is 0 Å². The maximum Gasteiger partial charge on any atom is 0.416 e. The van der Waals surface area contributed by atoms with Gasteiger partial charge in [0.1, 0.15) is 11.9 Å². The van der Waals surface area contributed by atoms with E-state index in [0.717, 1.165) is 23.3 Å². The number of halogens is 3. The molecule has 0 amide bonds. The zero-order valence-electron chi connectivity index (χ0n) is 13.7. The molecule has 2 N–H and O–H groups in total.